The summed E-state index contributed by atoms with van der Waals surface area (Å²) in [5.41, 5.74) is 7.90. The SMILES string of the molecule is CC(C)CN1Cc2nc(-c3ccccc3)c3c(c2C1)CO[C@@H](C)C3. The van der Waals surface area contributed by atoms with Gasteiger partial charge in [0.05, 0.1) is 24.1 Å². The van der Waals surface area contributed by atoms with E-state index in [0.29, 0.717) is 5.92 Å². The van der Waals surface area contributed by atoms with E-state index in [-0.39, 0.29) is 6.10 Å². The number of hydrogen-bond acceptors (Lipinski definition) is 3. The summed E-state index contributed by atoms with van der Waals surface area (Å²) in [5.74, 6) is 0.681. The Morgan fingerprint density at radius 3 is 2.67 bits per heavy atom. The molecule has 2 aromatic rings. The van der Waals surface area contributed by atoms with Crippen LogP contribution >= 0.6 is 0 Å². The number of aromatic nitrogens is 1. The smallest absolute Gasteiger partial charge is 0.0742 e. The Kier molecular flexibility index (Phi) is 4.15. The largest absolute Gasteiger partial charge is 0.373 e. The lowest BCUT2D eigenvalue weighted by atomic mass is 9.91. The molecular weight excluding hydrogens is 296 g/mol. The summed E-state index contributed by atoms with van der Waals surface area (Å²) in [5, 5.41) is 0. The number of ether oxygens (including phenoxy) is 1. The zero-order valence-corrected chi connectivity index (χ0v) is 14.9. The molecule has 126 valence electrons. The Morgan fingerprint density at radius 2 is 1.92 bits per heavy atom. The molecule has 0 spiro atoms. The third-order valence-corrected chi connectivity index (χ3v) is 5.04. The Labute approximate surface area is 144 Å². The molecule has 2 aliphatic heterocycles. The van der Waals surface area contributed by atoms with E-state index in [4.69, 9.17) is 9.72 Å². The normalized spacial score (nSPS) is 20.2. The summed E-state index contributed by atoms with van der Waals surface area (Å²) in [7, 11) is 0. The van der Waals surface area contributed by atoms with Crippen LogP contribution in [0.4, 0.5) is 0 Å². The predicted molar refractivity (Wildman–Crippen MR) is 96.6 cm³/mol. The molecule has 4 rings (SSSR count). The highest BCUT2D eigenvalue weighted by Crippen LogP contribution is 2.36. The van der Waals surface area contributed by atoms with E-state index in [1.54, 1.807) is 0 Å². The van der Waals surface area contributed by atoms with Crippen LogP contribution in [0.2, 0.25) is 0 Å². The Bertz CT molecular complexity index is 739. The van der Waals surface area contributed by atoms with E-state index < -0.39 is 0 Å². The van der Waals surface area contributed by atoms with E-state index in [0.717, 1.165) is 32.7 Å². The van der Waals surface area contributed by atoms with Crippen molar-refractivity contribution in [3.8, 4) is 11.3 Å². The Morgan fingerprint density at radius 1 is 1.12 bits per heavy atom. The number of hydrogen-bond donors (Lipinski definition) is 0. The molecule has 1 aromatic heterocycles. The lowest BCUT2D eigenvalue weighted by Crippen LogP contribution is -2.23. The lowest BCUT2D eigenvalue weighted by Gasteiger charge is -2.26. The molecule has 0 aliphatic carbocycles. The molecule has 1 aromatic carbocycles. The highest BCUT2D eigenvalue weighted by molar-refractivity contribution is 5.67. The second-order valence-corrected chi connectivity index (χ2v) is 7.60. The van der Waals surface area contributed by atoms with Gasteiger partial charge < -0.3 is 4.74 Å². The van der Waals surface area contributed by atoms with Crippen LogP contribution in [0, 0.1) is 5.92 Å². The van der Waals surface area contributed by atoms with Crippen molar-refractivity contribution in [1.29, 1.82) is 0 Å². The second-order valence-electron chi connectivity index (χ2n) is 7.60. The van der Waals surface area contributed by atoms with Gasteiger partial charge in [0, 0.05) is 31.6 Å². The van der Waals surface area contributed by atoms with Crippen molar-refractivity contribution in [3.05, 3.63) is 52.7 Å². The molecule has 2 aliphatic rings. The molecule has 24 heavy (non-hydrogen) atoms. The van der Waals surface area contributed by atoms with E-state index >= 15 is 0 Å². The van der Waals surface area contributed by atoms with Crippen LogP contribution in [-0.4, -0.2) is 22.5 Å². The van der Waals surface area contributed by atoms with Crippen LogP contribution in [0.25, 0.3) is 11.3 Å². The van der Waals surface area contributed by atoms with Gasteiger partial charge in [-0.3, -0.25) is 9.88 Å². The highest BCUT2D eigenvalue weighted by atomic mass is 16.5. The summed E-state index contributed by atoms with van der Waals surface area (Å²) in [6, 6.07) is 10.6. The molecule has 3 nitrogen and oxygen atoms in total. The summed E-state index contributed by atoms with van der Waals surface area (Å²) in [6.45, 7) is 10.6. The summed E-state index contributed by atoms with van der Waals surface area (Å²) in [4.78, 5) is 7.65. The standard InChI is InChI=1S/C21H26N2O/c1-14(2)10-23-11-18-19-13-24-15(3)9-17(19)21(22-20(18)12-23)16-7-5-4-6-8-16/h4-8,14-15H,9-13H2,1-3H3/t15-/m0/s1. The van der Waals surface area contributed by atoms with Crippen LogP contribution in [-0.2, 0) is 30.9 Å². The monoisotopic (exact) mass is 322 g/mol. The van der Waals surface area contributed by atoms with Gasteiger partial charge in [-0.05, 0) is 29.5 Å². The van der Waals surface area contributed by atoms with Crippen molar-refractivity contribution >= 4 is 0 Å². The third-order valence-electron chi connectivity index (χ3n) is 5.04. The van der Waals surface area contributed by atoms with E-state index in [9.17, 15) is 0 Å². The van der Waals surface area contributed by atoms with Crippen molar-refractivity contribution in [2.24, 2.45) is 5.92 Å². The quantitative estimate of drug-likeness (QED) is 0.847. The first kappa shape index (κ1) is 15.8. The molecule has 3 heteroatoms. The number of fused-ring (bicyclic) bond motifs is 3. The van der Waals surface area contributed by atoms with Gasteiger partial charge >= 0.3 is 0 Å². The predicted octanol–water partition coefficient (Wildman–Crippen LogP) is 4.18. The third kappa shape index (κ3) is 2.87. The van der Waals surface area contributed by atoms with Gasteiger partial charge in [0.25, 0.3) is 0 Å². The topological polar surface area (TPSA) is 25.4 Å². The molecule has 3 heterocycles. The first-order valence-electron chi connectivity index (χ1n) is 9.04. The van der Waals surface area contributed by atoms with Crippen molar-refractivity contribution in [1.82, 2.24) is 9.88 Å². The average molecular weight is 322 g/mol. The van der Waals surface area contributed by atoms with Gasteiger partial charge in [-0.2, -0.15) is 0 Å². The van der Waals surface area contributed by atoms with Crippen LogP contribution in [0.3, 0.4) is 0 Å². The molecule has 0 radical (unpaired) electrons. The zero-order valence-electron chi connectivity index (χ0n) is 14.9. The maximum Gasteiger partial charge on any atom is 0.0742 e. The molecule has 0 saturated heterocycles. The van der Waals surface area contributed by atoms with Gasteiger partial charge in [-0.1, -0.05) is 44.2 Å². The summed E-state index contributed by atoms with van der Waals surface area (Å²) >= 11 is 0. The maximum atomic E-state index is 5.99. The molecule has 0 saturated carbocycles. The van der Waals surface area contributed by atoms with Crippen molar-refractivity contribution in [3.63, 3.8) is 0 Å². The minimum atomic E-state index is 0.271. The molecule has 0 bridgehead atoms. The highest BCUT2D eigenvalue weighted by Gasteiger charge is 2.30. The minimum absolute atomic E-state index is 0.271. The number of nitrogens with zero attached hydrogens (tertiary/aromatic N) is 2. The van der Waals surface area contributed by atoms with Crippen LogP contribution in [0.15, 0.2) is 30.3 Å². The Balaban J connectivity index is 1.80. The van der Waals surface area contributed by atoms with Gasteiger partial charge in [0.1, 0.15) is 0 Å². The molecular formula is C21H26N2O. The molecule has 0 N–H and O–H groups in total. The molecule has 0 fully saturated rings. The van der Waals surface area contributed by atoms with Gasteiger partial charge in [0.2, 0.25) is 0 Å². The van der Waals surface area contributed by atoms with Gasteiger partial charge in [0.15, 0.2) is 0 Å². The lowest BCUT2D eigenvalue weighted by molar-refractivity contribution is 0.0404. The summed E-state index contributed by atoms with van der Waals surface area (Å²) in [6.07, 6.45) is 1.23. The Hall–Kier alpha value is -1.71. The molecule has 0 unspecified atom stereocenters. The average Bonchev–Trinajstić information content (AvgIpc) is 2.96. The zero-order chi connectivity index (χ0) is 16.7. The molecule has 0 amide bonds. The molecule has 1 atom stereocenters. The first-order valence-corrected chi connectivity index (χ1v) is 9.04. The number of benzene rings is 1. The fourth-order valence-corrected chi connectivity index (χ4v) is 4.02. The first-order chi connectivity index (χ1) is 11.6. The van der Waals surface area contributed by atoms with E-state index in [2.05, 4.69) is 56.0 Å². The van der Waals surface area contributed by atoms with E-state index in [1.807, 2.05) is 0 Å². The van der Waals surface area contributed by atoms with Crippen LogP contribution in [0.1, 0.15) is 43.2 Å². The summed E-state index contributed by atoms with van der Waals surface area (Å²) < 4.78 is 5.99. The fraction of sp³-hybridized carbons (Fsp3) is 0.476. The second kappa shape index (κ2) is 6.30. The van der Waals surface area contributed by atoms with Crippen molar-refractivity contribution < 1.29 is 4.74 Å². The van der Waals surface area contributed by atoms with Gasteiger partial charge in [-0.15, -0.1) is 0 Å². The number of rotatable bonds is 3. The van der Waals surface area contributed by atoms with Gasteiger partial charge in [-0.25, -0.2) is 0 Å². The van der Waals surface area contributed by atoms with E-state index in [1.165, 1.54) is 33.6 Å². The van der Waals surface area contributed by atoms with Crippen molar-refractivity contribution in [2.75, 3.05) is 6.54 Å². The van der Waals surface area contributed by atoms with Crippen LogP contribution < -0.4 is 0 Å². The minimum Gasteiger partial charge on any atom is -0.373 e. The van der Waals surface area contributed by atoms with Crippen LogP contribution in [0.5, 0.6) is 0 Å². The van der Waals surface area contributed by atoms with Crippen molar-refractivity contribution in [2.45, 2.75) is 53.0 Å². The number of pyridine rings is 1. The maximum absolute atomic E-state index is 5.99. The fourth-order valence-electron chi connectivity index (χ4n) is 4.02.